The van der Waals surface area contributed by atoms with E-state index < -0.39 is 34.8 Å². The summed E-state index contributed by atoms with van der Waals surface area (Å²) in [5.41, 5.74) is 0.699. The van der Waals surface area contributed by atoms with Gasteiger partial charge in [-0.05, 0) is 12.5 Å². The molecule has 0 atom stereocenters. The Hall–Kier alpha value is -2.44. The van der Waals surface area contributed by atoms with Crippen LogP contribution in [0.1, 0.15) is 11.1 Å². The number of nitrogens with zero attached hydrogens (tertiary/aromatic N) is 1. The van der Waals surface area contributed by atoms with Crippen LogP contribution in [-0.2, 0) is 0 Å². The van der Waals surface area contributed by atoms with Gasteiger partial charge in [0.1, 0.15) is 5.69 Å². The van der Waals surface area contributed by atoms with E-state index in [4.69, 9.17) is 0 Å². The Morgan fingerprint density at radius 3 is 2.00 bits per heavy atom. The minimum Gasteiger partial charge on any atom is -0.387 e. The lowest BCUT2D eigenvalue weighted by Crippen LogP contribution is -2.01. The smallest absolute Gasteiger partial charge is 0.200 e. The van der Waals surface area contributed by atoms with E-state index in [0.29, 0.717) is 11.3 Å². The average Bonchev–Trinajstić information content (AvgIpc) is 2.51. The highest BCUT2D eigenvalue weighted by Gasteiger charge is 2.25. The van der Waals surface area contributed by atoms with Crippen molar-refractivity contribution in [2.75, 3.05) is 12.4 Å². The third kappa shape index (κ3) is 2.66. The van der Waals surface area contributed by atoms with Crippen LogP contribution in [-0.4, -0.2) is 13.3 Å². The fourth-order valence-electron chi connectivity index (χ4n) is 1.98. The molecule has 0 unspecified atom stereocenters. The SMILES string of the molecule is CNc1c(C)cccc1C=Nc1c(F)c(F)c(F)c(F)c1F. The minimum atomic E-state index is -2.21. The molecule has 0 amide bonds. The molecule has 0 aromatic heterocycles. The molecule has 0 spiro atoms. The summed E-state index contributed by atoms with van der Waals surface area (Å²) in [5.74, 6) is -10.2. The molecule has 2 rings (SSSR count). The highest BCUT2D eigenvalue weighted by Crippen LogP contribution is 2.29. The van der Waals surface area contributed by atoms with Crippen molar-refractivity contribution in [2.24, 2.45) is 4.99 Å². The summed E-state index contributed by atoms with van der Waals surface area (Å²) >= 11 is 0. The van der Waals surface area contributed by atoms with E-state index in [1.807, 2.05) is 0 Å². The van der Waals surface area contributed by atoms with Crippen molar-refractivity contribution < 1.29 is 22.0 Å². The fourth-order valence-corrected chi connectivity index (χ4v) is 1.98. The molecule has 116 valence electrons. The molecule has 1 N–H and O–H groups in total. The Balaban J connectivity index is 2.55. The topological polar surface area (TPSA) is 24.4 Å². The first-order chi connectivity index (χ1) is 10.4. The first-order valence-corrected chi connectivity index (χ1v) is 6.21. The Morgan fingerprint density at radius 1 is 0.909 bits per heavy atom. The Kier molecular flexibility index (Phi) is 4.44. The first kappa shape index (κ1) is 15.9. The zero-order valence-corrected chi connectivity index (χ0v) is 11.6. The molecule has 0 aliphatic rings. The molecule has 0 radical (unpaired) electrons. The molecule has 22 heavy (non-hydrogen) atoms. The lowest BCUT2D eigenvalue weighted by Gasteiger charge is -2.08. The van der Waals surface area contributed by atoms with Gasteiger partial charge in [0, 0.05) is 24.5 Å². The monoisotopic (exact) mass is 314 g/mol. The molecule has 0 saturated carbocycles. The van der Waals surface area contributed by atoms with Crippen molar-refractivity contribution in [1.29, 1.82) is 0 Å². The van der Waals surface area contributed by atoms with Crippen LogP contribution in [0.2, 0.25) is 0 Å². The van der Waals surface area contributed by atoms with Crippen molar-refractivity contribution in [3.05, 3.63) is 58.4 Å². The van der Waals surface area contributed by atoms with Gasteiger partial charge in [-0.1, -0.05) is 18.2 Å². The van der Waals surface area contributed by atoms with Crippen LogP contribution in [0, 0.1) is 36.0 Å². The number of aryl methyl sites for hydroxylation is 1. The second kappa shape index (κ2) is 6.13. The molecule has 0 aliphatic carbocycles. The van der Waals surface area contributed by atoms with Gasteiger partial charge in [-0.2, -0.15) is 0 Å². The largest absolute Gasteiger partial charge is 0.387 e. The molecule has 2 aromatic carbocycles. The van der Waals surface area contributed by atoms with Crippen LogP contribution >= 0.6 is 0 Å². The van der Waals surface area contributed by atoms with Crippen molar-refractivity contribution in [3.63, 3.8) is 0 Å². The number of para-hydroxylation sites is 1. The predicted octanol–water partition coefficient (Wildman–Crippen LogP) is 4.48. The summed E-state index contributed by atoms with van der Waals surface area (Å²) in [7, 11) is 1.64. The molecule has 2 nitrogen and oxygen atoms in total. The van der Waals surface area contributed by atoms with Crippen molar-refractivity contribution in [1.82, 2.24) is 0 Å². The highest BCUT2D eigenvalue weighted by molar-refractivity contribution is 5.90. The number of hydrogen-bond acceptors (Lipinski definition) is 2. The predicted molar refractivity (Wildman–Crippen MR) is 74.2 cm³/mol. The molecule has 0 bridgehead atoms. The zero-order valence-electron chi connectivity index (χ0n) is 11.6. The van der Waals surface area contributed by atoms with E-state index in [0.717, 1.165) is 11.8 Å². The van der Waals surface area contributed by atoms with Crippen LogP contribution in [0.5, 0.6) is 0 Å². The summed E-state index contributed by atoms with van der Waals surface area (Å²) in [6.45, 7) is 1.79. The van der Waals surface area contributed by atoms with E-state index in [1.165, 1.54) is 0 Å². The van der Waals surface area contributed by atoms with Crippen molar-refractivity contribution in [2.45, 2.75) is 6.92 Å². The number of rotatable bonds is 3. The lowest BCUT2D eigenvalue weighted by atomic mass is 10.1. The molecule has 2 aromatic rings. The number of anilines is 1. The Morgan fingerprint density at radius 2 is 1.45 bits per heavy atom. The van der Waals surface area contributed by atoms with Gasteiger partial charge >= 0.3 is 0 Å². The summed E-state index contributed by atoms with van der Waals surface area (Å²) in [6.07, 6.45) is 1.04. The summed E-state index contributed by atoms with van der Waals surface area (Å²) in [4.78, 5) is 3.43. The molecule has 0 fully saturated rings. The maximum absolute atomic E-state index is 13.5. The van der Waals surface area contributed by atoms with Crippen molar-refractivity contribution in [3.8, 4) is 0 Å². The van der Waals surface area contributed by atoms with Gasteiger partial charge in [-0.3, -0.25) is 0 Å². The van der Waals surface area contributed by atoms with Crippen LogP contribution < -0.4 is 5.32 Å². The van der Waals surface area contributed by atoms with Gasteiger partial charge in [-0.25, -0.2) is 26.9 Å². The summed E-state index contributed by atoms with van der Waals surface area (Å²) < 4.78 is 66.2. The van der Waals surface area contributed by atoms with Crippen LogP contribution in [0.25, 0.3) is 0 Å². The summed E-state index contributed by atoms with van der Waals surface area (Å²) in [5, 5.41) is 2.87. The number of halogens is 5. The molecular weight excluding hydrogens is 303 g/mol. The second-order valence-corrected chi connectivity index (χ2v) is 4.47. The van der Waals surface area contributed by atoms with Gasteiger partial charge in [-0.15, -0.1) is 0 Å². The second-order valence-electron chi connectivity index (χ2n) is 4.47. The number of nitrogens with one attached hydrogen (secondary N) is 1. The Bertz CT molecular complexity index is 727. The molecule has 7 heteroatoms. The molecular formula is C15H11F5N2. The highest BCUT2D eigenvalue weighted by atomic mass is 19.2. The standard InChI is InChI=1S/C15H11F5N2/c1-7-4-3-5-8(14(7)21-2)6-22-15-12(19)10(17)9(16)11(18)13(15)20/h3-6,21H,1-2H3. The number of hydrogen-bond donors (Lipinski definition) is 1. The van der Waals surface area contributed by atoms with Gasteiger partial charge in [0.2, 0.25) is 5.82 Å². The maximum Gasteiger partial charge on any atom is 0.200 e. The van der Waals surface area contributed by atoms with E-state index in [9.17, 15) is 22.0 Å². The third-order valence-corrected chi connectivity index (χ3v) is 3.07. The molecule has 0 aliphatic heterocycles. The normalized spacial score (nSPS) is 11.2. The number of aliphatic imine (C=N–C) groups is 1. The van der Waals surface area contributed by atoms with Gasteiger partial charge in [0.05, 0.1) is 0 Å². The van der Waals surface area contributed by atoms with Gasteiger partial charge < -0.3 is 5.32 Å². The minimum absolute atomic E-state index is 0.450. The average molecular weight is 314 g/mol. The molecule has 0 heterocycles. The third-order valence-electron chi connectivity index (χ3n) is 3.07. The number of benzene rings is 2. The van der Waals surface area contributed by atoms with Gasteiger partial charge in [0.25, 0.3) is 0 Å². The fraction of sp³-hybridized carbons (Fsp3) is 0.133. The van der Waals surface area contributed by atoms with E-state index >= 15 is 0 Å². The Labute approximate surface area is 123 Å². The zero-order chi connectivity index (χ0) is 16.4. The van der Waals surface area contributed by atoms with E-state index in [-0.39, 0.29) is 0 Å². The lowest BCUT2D eigenvalue weighted by molar-refractivity contribution is 0.381. The van der Waals surface area contributed by atoms with Crippen LogP contribution in [0.3, 0.4) is 0 Å². The van der Waals surface area contributed by atoms with Crippen molar-refractivity contribution >= 4 is 17.6 Å². The van der Waals surface area contributed by atoms with Crippen LogP contribution in [0.15, 0.2) is 23.2 Å². The summed E-state index contributed by atoms with van der Waals surface area (Å²) in [6, 6.07) is 5.06. The molecule has 0 saturated heterocycles. The first-order valence-electron chi connectivity index (χ1n) is 6.21. The quantitative estimate of drug-likeness (QED) is 0.384. The van der Waals surface area contributed by atoms with E-state index in [1.54, 1.807) is 32.2 Å². The van der Waals surface area contributed by atoms with Crippen LogP contribution in [0.4, 0.5) is 33.3 Å². The maximum atomic E-state index is 13.5. The van der Waals surface area contributed by atoms with Gasteiger partial charge in [0.15, 0.2) is 23.3 Å². The van der Waals surface area contributed by atoms with E-state index in [2.05, 4.69) is 10.3 Å².